The van der Waals surface area contributed by atoms with Gasteiger partial charge >= 0.3 is 0 Å². The number of carbonyl (C=O) groups excluding carboxylic acids is 2. The number of nitrogens with one attached hydrogen (secondary N) is 1. The molecule has 0 bridgehead atoms. The van der Waals surface area contributed by atoms with Crippen molar-refractivity contribution in [2.24, 2.45) is 0 Å². The molecule has 0 atom stereocenters. The number of aromatic nitrogens is 3. The number of anilines is 1. The average molecular weight is 459 g/mol. The number of para-hydroxylation sites is 1. The van der Waals surface area contributed by atoms with Gasteiger partial charge in [0.1, 0.15) is 0 Å². The summed E-state index contributed by atoms with van der Waals surface area (Å²) >= 11 is 19.3. The molecular formula is C17H14Cl3N5O2S. The molecule has 11 heteroatoms. The zero-order valence-corrected chi connectivity index (χ0v) is 17.6. The summed E-state index contributed by atoms with van der Waals surface area (Å²) in [6.45, 7) is -0.108. The van der Waals surface area contributed by atoms with Crippen LogP contribution in [-0.2, 0) is 9.59 Å². The van der Waals surface area contributed by atoms with Crippen molar-refractivity contribution in [1.82, 2.24) is 19.5 Å². The molecule has 1 aromatic carbocycles. The van der Waals surface area contributed by atoms with Crippen LogP contribution < -0.4 is 5.32 Å². The van der Waals surface area contributed by atoms with Gasteiger partial charge in [-0.15, -0.1) is 10.2 Å². The van der Waals surface area contributed by atoms with Gasteiger partial charge in [-0.3, -0.25) is 14.0 Å². The first-order chi connectivity index (χ1) is 13.3. The first kappa shape index (κ1) is 20.7. The van der Waals surface area contributed by atoms with E-state index in [9.17, 15) is 9.59 Å². The Balaban J connectivity index is 1.57. The average Bonchev–Trinajstić information content (AvgIpc) is 3.04. The SMILES string of the molecule is CN(CC(=O)Nc1ccccc1Cl)C(=O)CSc1nnc2c(Cl)cc(Cl)cn12. The van der Waals surface area contributed by atoms with Crippen LogP contribution in [0.5, 0.6) is 0 Å². The first-order valence-corrected chi connectivity index (χ1v) is 10.1. The molecule has 7 nitrogen and oxygen atoms in total. The Morgan fingerprint density at radius 1 is 1.18 bits per heavy atom. The van der Waals surface area contributed by atoms with Crippen LogP contribution in [0.25, 0.3) is 5.65 Å². The highest BCUT2D eigenvalue weighted by Gasteiger charge is 2.17. The van der Waals surface area contributed by atoms with Crippen LogP contribution in [0.3, 0.4) is 0 Å². The van der Waals surface area contributed by atoms with Crippen molar-refractivity contribution in [2.45, 2.75) is 5.16 Å². The van der Waals surface area contributed by atoms with Gasteiger partial charge in [0.05, 0.1) is 33.1 Å². The van der Waals surface area contributed by atoms with E-state index in [1.165, 1.54) is 16.7 Å². The number of hydrogen-bond donors (Lipinski definition) is 1. The fourth-order valence-electron chi connectivity index (χ4n) is 2.29. The molecule has 3 rings (SSSR count). The summed E-state index contributed by atoms with van der Waals surface area (Å²) in [7, 11) is 1.55. The fraction of sp³-hybridized carbons (Fsp3) is 0.176. The van der Waals surface area contributed by atoms with Gasteiger partial charge in [0.2, 0.25) is 11.8 Å². The van der Waals surface area contributed by atoms with Gasteiger partial charge in [0.15, 0.2) is 10.8 Å². The summed E-state index contributed by atoms with van der Waals surface area (Å²) in [4.78, 5) is 25.8. The van der Waals surface area contributed by atoms with E-state index in [0.717, 1.165) is 0 Å². The van der Waals surface area contributed by atoms with Gasteiger partial charge in [0, 0.05) is 13.2 Å². The smallest absolute Gasteiger partial charge is 0.244 e. The number of fused-ring (bicyclic) bond motifs is 1. The zero-order chi connectivity index (χ0) is 20.3. The molecular weight excluding hydrogens is 445 g/mol. The van der Waals surface area contributed by atoms with Gasteiger partial charge < -0.3 is 10.2 Å². The Morgan fingerprint density at radius 3 is 2.68 bits per heavy atom. The summed E-state index contributed by atoms with van der Waals surface area (Å²) in [6, 6.07) is 8.45. The quantitative estimate of drug-likeness (QED) is 0.567. The molecule has 0 unspecified atom stereocenters. The molecule has 28 heavy (non-hydrogen) atoms. The molecule has 2 heterocycles. The predicted octanol–water partition coefficient (Wildman–Crippen LogP) is 3.88. The molecule has 146 valence electrons. The van der Waals surface area contributed by atoms with Crippen molar-refractivity contribution < 1.29 is 9.59 Å². The van der Waals surface area contributed by atoms with Crippen LogP contribution in [0.4, 0.5) is 5.69 Å². The number of likely N-dealkylation sites (N-methyl/N-ethyl adjacent to an activating group) is 1. The minimum Gasteiger partial charge on any atom is -0.336 e. The standard InChI is InChI=1S/C17H14Cl3N5O2S/c1-24(8-14(26)21-13-5-3-2-4-11(13)19)15(27)9-28-17-23-22-16-12(20)6-10(18)7-25(16)17/h2-7H,8-9H2,1H3,(H,21,26). The van der Waals surface area contributed by atoms with Crippen molar-refractivity contribution in [3.05, 3.63) is 51.6 Å². The van der Waals surface area contributed by atoms with Gasteiger partial charge in [-0.2, -0.15) is 0 Å². The molecule has 2 aromatic heterocycles. The van der Waals surface area contributed by atoms with Crippen molar-refractivity contribution in [3.8, 4) is 0 Å². The second kappa shape index (κ2) is 9.00. The Labute approximate surface area is 180 Å². The van der Waals surface area contributed by atoms with E-state index < -0.39 is 0 Å². The Bertz CT molecular complexity index is 1040. The molecule has 0 aliphatic heterocycles. The second-order valence-electron chi connectivity index (χ2n) is 5.75. The molecule has 1 N–H and O–H groups in total. The number of hydrogen-bond acceptors (Lipinski definition) is 5. The van der Waals surface area contributed by atoms with E-state index >= 15 is 0 Å². The molecule has 0 spiro atoms. The monoisotopic (exact) mass is 457 g/mol. The van der Waals surface area contributed by atoms with Crippen LogP contribution in [0.2, 0.25) is 15.1 Å². The van der Waals surface area contributed by atoms with Crippen LogP contribution in [-0.4, -0.2) is 50.7 Å². The van der Waals surface area contributed by atoms with E-state index in [1.54, 1.807) is 48.0 Å². The highest BCUT2D eigenvalue weighted by molar-refractivity contribution is 7.99. The van der Waals surface area contributed by atoms with Crippen LogP contribution >= 0.6 is 46.6 Å². The molecule has 0 saturated heterocycles. The highest BCUT2D eigenvalue weighted by atomic mass is 35.5. The topological polar surface area (TPSA) is 79.6 Å². The molecule has 2 amide bonds. The summed E-state index contributed by atoms with van der Waals surface area (Å²) in [5, 5.41) is 12.4. The lowest BCUT2D eigenvalue weighted by Gasteiger charge is -2.16. The lowest BCUT2D eigenvalue weighted by molar-refractivity contribution is -0.131. The minimum absolute atomic E-state index is 0.0702. The summed E-state index contributed by atoms with van der Waals surface area (Å²) in [5.74, 6) is -0.523. The molecule has 0 radical (unpaired) electrons. The Kier molecular flexibility index (Phi) is 6.66. The van der Waals surface area contributed by atoms with E-state index in [4.69, 9.17) is 34.8 Å². The third-order valence-electron chi connectivity index (χ3n) is 3.67. The van der Waals surface area contributed by atoms with Crippen molar-refractivity contribution in [3.63, 3.8) is 0 Å². The van der Waals surface area contributed by atoms with E-state index in [-0.39, 0.29) is 24.1 Å². The van der Waals surface area contributed by atoms with Crippen LogP contribution in [0.15, 0.2) is 41.7 Å². The van der Waals surface area contributed by atoms with Crippen molar-refractivity contribution in [1.29, 1.82) is 0 Å². The largest absolute Gasteiger partial charge is 0.336 e. The number of thioether (sulfide) groups is 1. The first-order valence-electron chi connectivity index (χ1n) is 7.96. The maximum absolute atomic E-state index is 12.4. The molecule has 0 fully saturated rings. The predicted molar refractivity (Wildman–Crippen MR) is 111 cm³/mol. The maximum atomic E-state index is 12.4. The minimum atomic E-state index is -0.347. The Morgan fingerprint density at radius 2 is 1.93 bits per heavy atom. The molecule has 0 saturated carbocycles. The third-order valence-corrected chi connectivity index (χ3v) is 5.42. The number of benzene rings is 1. The number of nitrogens with zero attached hydrogens (tertiary/aromatic N) is 4. The second-order valence-corrected chi connectivity index (χ2v) is 7.94. The lowest BCUT2D eigenvalue weighted by atomic mass is 10.3. The van der Waals surface area contributed by atoms with Gasteiger partial charge in [-0.05, 0) is 18.2 Å². The molecule has 0 aliphatic carbocycles. The normalized spacial score (nSPS) is 10.9. The Hall–Kier alpha value is -2.00. The summed E-state index contributed by atoms with van der Waals surface area (Å²) < 4.78 is 1.62. The van der Waals surface area contributed by atoms with Gasteiger partial charge in [-0.25, -0.2) is 0 Å². The van der Waals surface area contributed by atoms with E-state index in [0.29, 0.717) is 31.6 Å². The third kappa shape index (κ3) is 4.88. The van der Waals surface area contributed by atoms with Gasteiger partial charge in [0.25, 0.3) is 0 Å². The zero-order valence-electron chi connectivity index (χ0n) is 14.5. The van der Waals surface area contributed by atoms with E-state index in [1.807, 2.05) is 0 Å². The number of pyridine rings is 1. The van der Waals surface area contributed by atoms with Crippen LogP contribution in [0.1, 0.15) is 0 Å². The van der Waals surface area contributed by atoms with E-state index in [2.05, 4.69) is 15.5 Å². The number of amides is 2. The maximum Gasteiger partial charge on any atom is 0.244 e. The fourth-order valence-corrected chi connectivity index (χ4v) is 3.83. The van der Waals surface area contributed by atoms with Crippen molar-refractivity contribution in [2.75, 3.05) is 24.7 Å². The van der Waals surface area contributed by atoms with Gasteiger partial charge in [-0.1, -0.05) is 58.7 Å². The van der Waals surface area contributed by atoms with Crippen molar-refractivity contribution >= 4 is 69.7 Å². The number of rotatable bonds is 6. The number of halogens is 3. The lowest BCUT2D eigenvalue weighted by Crippen LogP contribution is -2.36. The molecule has 0 aliphatic rings. The summed E-state index contributed by atoms with van der Waals surface area (Å²) in [5.41, 5.74) is 0.946. The van der Waals surface area contributed by atoms with Crippen LogP contribution in [0, 0.1) is 0 Å². The number of carbonyl (C=O) groups is 2. The summed E-state index contributed by atoms with van der Waals surface area (Å²) in [6.07, 6.45) is 1.62. The molecule has 3 aromatic rings. The highest BCUT2D eigenvalue weighted by Crippen LogP contribution is 2.25.